The van der Waals surface area contributed by atoms with Gasteiger partial charge < -0.3 is 10.8 Å². The second kappa shape index (κ2) is 5.64. The van der Waals surface area contributed by atoms with Crippen LogP contribution in [0.15, 0.2) is 48.5 Å². The number of nitrogens with two attached hydrogens (primary N) is 1. The van der Waals surface area contributed by atoms with E-state index < -0.39 is 17.8 Å². The minimum absolute atomic E-state index is 0.153. The zero-order valence-electron chi connectivity index (χ0n) is 10.6. The molecule has 0 aliphatic rings. The first-order valence-electron chi connectivity index (χ1n) is 6.06. The van der Waals surface area contributed by atoms with Crippen molar-refractivity contribution in [3.8, 4) is 11.1 Å². The Labute approximate surface area is 114 Å². The Balaban J connectivity index is 2.24. The smallest absolute Gasteiger partial charge is 0.394 e. The highest BCUT2D eigenvalue weighted by atomic mass is 19.4. The summed E-state index contributed by atoms with van der Waals surface area (Å²) < 4.78 is 37.4. The van der Waals surface area contributed by atoms with Gasteiger partial charge in [0.2, 0.25) is 0 Å². The first-order valence-corrected chi connectivity index (χ1v) is 6.06. The number of benzene rings is 2. The number of aliphatic hydroxyl groups excluding tert-OH is 1. The number of halogens is 3. The molecule has 106 valence electrons. The van der Waals surface area contributed by atoms with Crippen molar-refractivity contribution in [2.24, 2.45) is 5.73 Å². The molecule has 0 unspecified atom stereocenters. The zero-order chi connectivity index (χ0) is 14.8. The van der Waals surface area contributed by atoms with E-state index in [0.717, 1.165) is 23.3 Å². The minimum atomic E-state index is -4.32. The van der Waals surface area contributed by atoms with E-state index in [4.69, 9.17) is 10.8 Å². The van der Waals surface area contributed by atoms with Crippen LogP contribution in [-0.2, 0) is 6.18 Å². The van der Waals surface area contributed by atoms with Crippen LogP contribution in [0.1, 0.15) is 17.2 Å². The summed E-state index contributed by atoms with van der Waals surface area (Å²) in [6.45, 7) is -0.153. The van der Waals surface area contributed by atoms with E-state index in [9.17, 15) is 13.2 Å². The molecule has 1 atom stereocenters. The average Bonchev–Trinajstić information content (AvgIpc) is 2.46. The maximum atomic E-state index is 12.5. The number of hydrogen-bond donors (Lipinski definition) is 2. The van der Waals surface area contributed by atoms with Crippen molar-refractivity contribution >= 4 is 0 Å². The van der Waals surface area contributed by atoms with E-state index in [2.05, 4.69) is 0 Å². The SMILES string of the molecule is N[C@H](CO)c1ccc(-c2ccc(C(F)(F)F)cc2)cc1. The van der Waals surface area contributed by atoms with Gasteiger partial charge in [0.15, 0.2) is 0 Å². The normalized spacial score (nSPS) is 13.2. The molecule has 5 heteroatoms. The Hall–Kier alpha value is -1.85. The lowest BCUT2D eigenvalue weighted by Gasteiger charge is -2.10. The molecule has 20 heavy (non-hydrogen) atoms. The van der Waals surface area contributed by atoms with Gasteiger partial charge in [0.1, 0.15) is 0 Å². The van der Waals surface area contributed by atoms with Crippen LogP contribution in [0.2, 0.25) is 0 Å². The molecule has 3 N–H and O–H groups in total. The minimum Gasteiger partial charge on any atom is -0.394 e. The maximum Gasteiger partial charge on any atom is 0.416 e. The van der Waals surface area contributed by atoms with Crippen LogP contribution in [0.4, 0.5) is 13.2 Å². The van der Waals surface area contributed by atoms with Gasteiger partial charge in [0.05, 0.1) is 18.2 Å². The molecule has 2 rings (SSSR count). The van der Waals surface area contributed by atoms with Gasteiger partial charge in [-0.2, -0.15) is 13.2 Å². The molecule has 0 radical (unpaired) electrons. The third-order valence-corrected chi connectivity index (χ3v) is 3.08. The highest BCUT2D eigenvalue weighted by Crippen LogP contribution is 2.31. The molecule has 0 bridgehead atoms. The molecule has 0 aliphatic carbocycles. The fourth-order valence-electron chi connectivity index (χ4n) is 1.88. The molecule has 2 nitrogen and oxygen atoms in total. The second-order valence-electron chi connectivity index (χ2n) is 4.49. The van der Waals surface area contributed by atoms with E-state index in [1.54, 1.807) is 24.3 Å². The summed E-state index contributed by atoms with van der Waals surface area (Å²) in [5.41, 5.74) is 7.29. The molecule has 2 aromatic carbocycles. The van der Waals surface area contributed by atoms with E-state index in [1.807, 2.05) is 0 Å². The van der Waals surface area contributed by atoms with E-state index >= 15 is 0 Å². The van der Waals surface area contributed by atoms with Gasteiger partial charge in [0.25, 0.3) is 0 Å². The summed E-state index contributed by atoms with van der Waals surface area (Å²) in [7, 11) is 0. The van der Waals surface area contributed by atoms with Crippen molar-refractivity contribution < 1.29 is 18.3 Å². The van der Waals surface area contributed by atoms with E-state index in [0.29, 0.717) is 5.56 Å². The fourth-order valence-corrected chi connectivity index (χ4v) is 1.88. The van der Waals surface area contributed by atoms with Crippen LogP contribution in [0.3, 0.4) is 0 Å². The monoisotopic (exact) mass is 281 g/mol. The molecule has 0 amide bonds. The third-order valence-electron chi connectivity index (χ3n) is 3.08. The van der Waals surface area contributed by atoms with Gasteiger partial charge in [0, 0.05) is 0 Å². The topological polar surface area (TPSA) is 46.2 Å². The van der Waals surface area contributed by atoms with Gasteiger partial charge >= 0.3 is 6.18 Å². The molecule has 0 aromatic heterocycles. The van der Waals surface area contributed by atoms with Crippen LogP contribution in [-0.4, -0.2) is 11.7 Å². The van der Waals surface area contributed by atoms with Crippen molar-refractivity contribution in [3.63, 3.8) is 0 Å². The molecule has 0 heterocycles. The Morgan fingerprint density at radius 2 is 1.35 bits per heavy atom. The predicted molar refractivity (Wildman–Crippen MR) is 70.9 cm³/mol. The van der Waals surface area contributed by atoms with Crippen molar-refractivity contribution in [2.75, 3.05) is 6.61 Å². The molecule has 0 saturated carbocycles. The first-order chi connectivity index (χ1) is 9.41. The largest absolute Gasteiger partial charge is 0.416 e. The van der Waals surface area contributed by atoms with Gasteiger partial charge in [-0.05, 0) is 28.8 Å². The Bertz CT molecular complexity index is 561. The number of hydrogen-bond acceptors (Lipinski definition) is 2. The zero-order valence-corrected chi connectivity index (χ0v) is 10.6. The summed E-state index contributed by atoms with van der Waals surface area (Å²) in [5.74, 6) is 0. The lowest BCUT2D eigenvalue weighted by molar-refractivity contribution is -0.137. The molecule has 0 saturated heterocycles. The van der Waals surface area contributed by atoms with Gasteiger partial charge in [-0.3, -0.25) is 0 Å². The van der Waals surface area contributed by atoms with E-state index in [-0.39, 0.29) is 6.61 Å². The highest BCUT2D eigenvalue weighted by molar-refractivity contribution is 5.64. The lowest BCUT2D eigenvalue weighted by Crippen LogP contribution is -2.14. The highest BCUT2D eigenvalue weighted by Gasteiger charge is 2.29. The summed E-state index contributed by atoms with van der Waals surface area (Å²) in [5, 5.41) is 8.95. The second-order valence-corrected chi connectivity index (χ2v) is 4.49. The predicted octanol–water partition coefficient (Wildman–Crippen LogP) is 3.36. The Morgan fingerprint density at radius 1 is 0.900 bits per heavy atom. The number of rotatable bonds is 3. The van der Waals surface area contributed by atoms with Crippen molar-refractivity contribution in [1.82, 2.24) is 0 Å². The van der Waals surface area contributed by atoms with Crippen molar-refractivity contribution in [1.29, 1.82) is 0 Å². The standard InChI is InChI=1S/C15H14F3NO/c16-15(17,18)13-7-5-11(6-8-13)10-1-3-12(4-2-10)14(19)9-20/h1-8,14,20H,9,19H2/t14-/m1/s1. The maximum absolute atomic E-state index is 12.5. The van der Waals surface area contributed by atoms with Gasteiger partial charge in [-0.25, -0.2) is 0 Å². The first kappa shape index (κ1) is 14.6. The molecule has 0 fully saturated rings. The van der Waals surface area contributed by atoms with Gasteiger partial charge in [-0.1, -0.05) is 36.4 Å². The average molecular weight is 281 g/mol. The lowest BCUT2D eigenvalue weighted by atomic mass is 10.0. The van der Waals surface area contributed by atoms with Crippen LogP contribution in [0.5, 0.6) is 0 Å². The van der Waals surface area contributed by atoms with E-state index in [1.165, 1.54) is 12.1 Å². The van der Waals surface area contributed by atoms with Crippen molar-refractivity contribution in [3.05, 3.63) is 59.7 Å². The Morgan fingerprint density at radius 3 is 1.75 bits per heavy atom. The van der Waals surface area contributed by atoms with Crippen LogP contribution in [0.25, 0.3) is 11.1 Å². The molecular weight excluding hydrogens is 267 g/mol. The summed E-state index contributed by atoms with van der Waals surface area (Å²) >= 11 is 0. The Kier molecular flexibility index (Phi) is 4.11. The fraction of sp³-hybridized carbons (Fsp3) is 0.200. The molecule has 2 aromatic rings. The van der Waals surface area contributed by atoms with Crippen LogP contribution >= 0.6 is 0 Å². The summed E-state index contributed by atoms with van der Waals surface area (Å²) in [4.78, 5) is 0. The summed E-state index contributed by atoms with van der Waals surface area (Å²) in [6, 6.07) is 11.6. The number of aliphatic hydroxyl groups is 1. The van der Waals surface area contributed by atoms with Crippen molar-refractivity contribution in [2.45, 2.75) is 12.2 Å². The summed E-state index contributed by atoms with van der Waals surface area (Å²) in [6.07, 6.45) is -4.32. The van der Waals surface area contributed by atoms with Crippen LogP contribution < -0.4 is 5.73 Å². The third kappa shape index (κ3) is 3.18. The molecule has 0 aliphatic heterocycles. The quantitative estimate of drug-likeness (QED) is 0.906. The molecule has 0 spiro atoms. The van der Waals surface area contributed by atoms with Crippen LogP contribution in [0, 0.1) is 0 Å². The number of alkyl halides is 3. The molecular formula is C15H14F3NO. The van der Waals surface area contributed by atoms with Gasteiger partial charge in [-0.15, -0.1) is 0 Å².